The molecule has 2 aromatic carbocycles. The number of benzene rings is 2. The molecule has 0 aliphatic heterocycles. The van der Waals surface area contributed by atoms with Gasteiger partial charge in [-0.2, -0.15) is 0 Å². The summed E-state index contributed by atoms with van der Waals surface area (Å²) < 4.78 is 0. The summed E-state index contributed by atoms with van der Waals surface area (Å²) >= 11 is 0. The van der Waals surface area contributed by atoms with Gasteiger partial charge in [-0.05, 0) is 23.3 Å². The second kappa shape index (κ2) is 5.92. The van der Waals surface area contributed by atoms with E-state index in [9.17, 15) is 4.79 Å². The minimum Gasteiger partial charge on any atom is -0.340 e. The molecule has 2 N–H and O–H groups in total. The van der Waals surface area contributed by atoms with Gasteiger partial charge in [-0.25, -0.2) is 15.0 Å². The lowest BCUT2D eigenvalue weighted by Gasteiger charge is -2.07. The van der Waals surface area contributed by atoms with E-state index in [1.54, 1.807) is 6.07 Å². The predicted octanol–water partition coefficient (Wildman–Crippen LogP) is 3.27. The highest BCUT2D eigenvalue weighted by Gasteiger charge is 2.12. The Morgan fingerprint density at radius 1 is 0.917 bits per heavy atom. The second-order valence-electron chi connectivity index (χ2n) is 5.22. The summed E-state index contributed by atoms with van der Waals surface area (Å²) in [7, 11) is 0. The first kappa shape index (κ1) is 14.1. The van der Waals surface area contributed by atoms with Gasteiger partial charge < -0.3 is 10.3 Å². The van der Waals surface area contributed by atoms with Gasteiger partial charge in [-0.15, -0.1) is 0 Å². The Hall–Kier alpha value is -3.54. The van der Waals surface area contributed by atoms with Crippen molar-refractivity contribution in [2.45, 2.75) is 0 Å². The molecular weight excluding hydrogens is 302 g/mol. The average Bonchev–Trinajstić information content (AvgIpc) is 3.12. The molecule has 0 radical (unpaired) electrons. The summed E-state index contributed by atoms with van der Waals surface area (Å²) in [4.78, 5) is 27.7. The molecule has 0 saturated heterocycles. The van der Waals surface area contributed by atoms with Crippen LogP contribution in [0.2, 0.25) is 0 Å². The van der Waals surface area contributed by atoms with Crippen LogP contribution in [0.15, 0.2) is 67.3 Å². The number of carbonyl (C=O) groups is 1. The van der Waals surface area contributed by atoms with Gasteiger partial charge >= 0.3 is 0 Å². The summed E-state index contributed by atoms with van der Waals surface area (Å²) in [5.74, 6) is 0.176. The minimum atomic E-state index is -0.234. The van der Waals surface area contributed by atoms with E-state index in [0.29, 0.717) is 22.5 Å². The molecule has 0 bridgehead atoms. The number of amides is 1. The number of nitrogens with zero attached hydrogens (tertiary/aromatic N) is 3. The van der Waals surface area contributed by atoms with Crippen LogP contribution in [0.3, 0.4) is 0 Å². The van der Waals surface area contributed by atoms with E-state index in [-0.39, 0.29) is 5.91 Å². The van der Waals surface area contributed by atoms with Crippen LogP contribution in [-0.4, -0.2) is 25.8 Å². The van der Waals surface area contributed by atoms with Gasteiger partial charge in [0.15, 0.2) is 11.5 Å². The Morgan fingerprint density at radius 3 is 2.62 bits per heavy atom. The van der Waals surface area contributed by atoms with Crippen LogP contribution in [0, 0.1) is 0 Å². The van der Waals surface area contributed by atoms with Crippen molar-refractivity contribution in [3.05, 3.63) is 72.8 Å². The SMILES string of the molecule is O=C(Nc1ncnc2nc[nH]c12)c1cccc(-c2ccccc2)c1. The van der Waals surface area contributed by atoms with Crippen LogP contribution < -0.4 is 5.32 Å². The van der Waals surface area contributed by atoms with Crippen molar-refractivity contribution < 1.29 is 4.79 Å². The molecule has 4 rings (SSSR count). The number of hydrogen-bond acceptors (Lipinski definition) is 4. The van der Waals surface area contributed by atoms with Crippen LogP contribution in [0.5, 0.6) is 0 Å². The molecule has 0 spiro atoms. The molecule has 1 amide bonds. The van der Waals surface area contributed by atoms with Gasteiger partial charge in [-0.1, -0.05) is 42.5 Å². The van der Waals surface area contributed by atoms with E-state index in [1.165, 1.54) is 12.7 Å². The number of fused-ring (bicyclic) bond motifs is 1. The van der Waals surface area contributed by atoms with Crippen LogP contribution in [0.25, 0.3) is 22.3 Å². The Bertz CT molecular complexity index is 1010. The monoisotopic (exact) mass is 315 g/mol. The molecule has 0 aliphatic rings. The lowest BCUT2D eigenvalue weighted by atomic mass is 10.0. The maximum Gasteiger partial charge on any atom is 0.256 e. The quantitative estimate of drug-likeness (QED) is 0.608. The molecule has 0 atom stereocenters. The third-order valence-corrected chi connectivity index (χ3v) is 3.69. The van der Waals surface area contributed by atoms with Crippen molar-refractivity contribution in [1.29, 1.82) is 0 Å². The number of carbonyl (C=O) groups excluding carboxylic acids is 1. The number of hydrogen-bond donors (Lipinski definition) is 2. The highest BCUT2D eigenvalue weighted by molar-refractivity contribution is 6.07. The van der Waals surface area contributed by atoms with E-state index < -0.39 is 0 Å². The van der Waals surface area contributed by atoms with Crippen molar-refractivity contribution in [3.8, 4) is 11.1 Å². The van der Waals surface area contributed by atoms with Crippen molar-refractivity contribution in [1.82, 2.24) is 19.9 Å². The zero-order chi connectivity index (χ0) is 16.4. The van der Waals surface area contributed by atoms with Gasteiger partial charge in [0, 0.05) is 5.56 Å². The Balaban J connectivity index is 1.64. The van der Waals surface area contributed by atoms with Crippen LogP contribution in [0.4, 0.5) is 5.82 Å². The highest BCUT2D eigenvalue weighted by Crippen LogP contribution is 2.21. The van der Waals surface area contributed by atoms with Crippen molar-refractivity contribution in [3.63, 3.8) is 0 Å². The fourth-order valence-corrected chi connectivity index (χ4v) is 2.51. The van der Waals surface area contributed by atoms with Crippen LogP contribution in [0.1, 0.15) is 10.4 Å². The lowest BCUT2D eigenvalue weighted by Crippen LogP contribution is -2.13. The standard InChI is InChI=1S/C18H13N5O/c24-18(23-17-15-16(20-10-19-15)21-11-22-17)14-8-4-7-13(9-14)12-5-2-1-3-6-12/h1-11H,(H2,19,20,21,22,23,24). The van der Waals surface area contributed by atoms with E-state index in [0.717, 1.165) is 11.1 Å². The zero-order valence-corrected chi connectivity index (χ0v) is 12.6. The largest absolute Gasteiger partial charge is 0.340 e. The smallest absolute Gasteiger partial charge is 0.256 e. The molecule has 6 nitrogen and oxygen atoms in total. The third-order valence-electron chi connectivity index (χ3n) is 3.69. The molecular formula is C18H13N5O. The van der Waals surface area contributed by atoms with E-state index in [1.807, 2.05) is 48.5 Å². The number of imidazole rings is 1. The van der Waals surface area contributed by atoms with Crippen molar-refractivity contribution >= 4 is 22.9 Å². The second-order valence-corrected chi connectivity index (χ2v) is 5.22. The predicted molar refractivity (Wildman–Crippen MR) is 91.5 cm³/mol. The third kappa shape index (κ3) is 2.61. The Labute approximate surface area is 137 Å². The maximum atomic E-state index is 12.6. The lowest BCUT2D eigenvalue weighted by molar-refractivity contribution is 0.102. The highest BCUT2D eigenvalue weighted by atomic mass is 16.1. The van der Waals surface area contributed by atoms with E-state index in [4.69, 9.17) is 0 Å². The fraction of sp³-hybridized carbons (Fsp3) is 0. The molecule has 24 heavy (non-hydrogen) atoms. The molecule has 0 fully saturated rings. The maximum absolute atomic E-state index is 12.6. The first-order chi connectivity index (χ1) is 11.8. The number of anilines is 1. The molecule has 4 aromatic rings. The first-order valence-electron chi connectivity index (χ1n) is 7.42. The van der Waals surface area contributed by atoms with Gasteiger partial charge in [0.05, 0.1) is 6.33 Å². The fourth-order valence-electron chi connectivity index (χ4n) is 2.51. The van der Waals surface area contributed by atoms with Crippen molar-refractivity contribution in [2.75, 3.05) is 5.32 Å². The van der Waals surface area contributed by atoms with Gasteiger partial charge in [0.2, 0.25) is 0 Å². The van der Waals surface area contributed by atoms with E-state index in [2.05, 4.69) is 25.3 Å². The number of nitrogens with one attached hydrogen (secondary N) is 2. The Morgan fingerprint density at radius 2 is 1.75 bits per heavy atom. The topological polar surface area (TPSA) is 83.6 Å². The van der Waals surface area contributed by atoms with Gasteiger partial charge in [0.1, 0.15) is 11.8 Å². The molecule has 2 aromatic heterocycles. The number of aromatic nitrogens is 4. The molecule has 2 heterocycles. The normalized spacial score (nSPS) is 10.7. The molecule has 0 unspecified atom stereocenters. The molecule has 6 heteroatoms. The summed E-state index contributed by atoms with van der Waals surface area (Å²) in [6, 6.07) is 17.4. The van der Waals surface area contributed by atoms with Crippen molar-refractivity contribution in [2.24, 2.45) is 0 Å². The molecule has 0 aliphatic carbocycles. The Kier molecular flexibility index (Phi) is 3.47. The summed E-state index contributed by atoms with van der Waals surface area (Å²) in [5, 5.41) is 2.80. The van der Waals surface area contributed by atoms with Crippen LogP contribution >= 0.6 is 0 Å². The molecule has 0 saturated carbocycles. The van der Waals surface area contributed by atoms with Crippen LogP contribution in [-0.2, 0) is 0 Å². The summed E-state index contributed by atoms with van der Waals surface area (Å²) in [5.41, 5.74) is 3.72. The van der Waals surface area contributed by atoms with Gasteiger partial charge in [0.25, 0.3) is 5.91 Å². The van der Waals surface area contributed by atoms with Gasteiger partial charge in [-0.3, -0.25) is 4.79 Å². The minimum absolute atomic E-state index is 0.234. The summed E-state index contributed by atoms with van der Waals surface area (Å²) in [6.07, 6.45) is 2.89. The number of aromatic amines is 1. The van der Waals surface area contributed by atoms with E-state index >= 15 is 0 Å². The first-order valence-corrected chi connectivity index (χ1v) is 7.42. The number of rotatable bonds is 3. The average molecular weight is 315 g/mol. The summed E-state index contributed by atoms with van der Waals surface area (Å²) in [6.45, 7) is 0. The molecule has 116 valence electrons. The zero-order valence-electron chi connectivity index (χ0n) is 12.6. The number of H-pyrrole nitrogens is 1.